The third-order valence-corrected chi connectivity index (χ3v) is 6.14. The third-order valence-electron chi connectivity index (χ3n) is 6.14. The van der Waals surface area contributed by atoms with Gasteiger partial charge >= 0.3 is 0 Å². The number of likely N-dealkylation sites (tertiary alicyclic amines) is 1. The van der Waals surface area contributed by atoms with E-state index in [0.29, 0.717) is 11.8 Å². The number of carbonyl (C=O) groups is 2. The van der Waals surface area contributed by atoms with Gasteiger partial charge in [-0.15, -0.1) is 0 Å². The highest BCUT2D eigenvalue weighted by atomic mass is 16.2. The fourth-order valence-electron chi connectivity index (χ4n) is 4.52. The quantitative estimate of drug-likeness (QED) is 0.790. The second-order valence-corrected chi connectivity index (χ2v) is 7.83. The van der Waals surface area contributed by atoms with Crippen molar-refractivity contribution in [2.24, 2.45) is 5.92 Å². The number of hydrogen-bond acceptors (Lipinski definition) is 3. The van der Waals surface area contributed by atoms with Gasteiger partial charge in [-0.2, -0.15) is 0 Å². The predicted molar refractivity (Wildman–Crippen MR) is 94.6 cm³/mol. The van der Waals surface area contributed by atoms with Crippen LogP contribution >= 0.6 is 0 Å². The average Bonchev–Trinajstić information content (AvgIpc) is 3.23. The largest absolute Gasteiger partial charge is 0.341 e. The minimum Gasteiger partial charge on any atom is -0.341 e. The van der Waals surface area contributed by atoms with Crippen molar-refractivity contribution in [1.82, 2.24) is 14.7 Å². The Kier molecular flexibility index (Phi) is 6.14. The number of nitrogens with zero attached hydrogens (tertiary/aromatic N) is 3. The van der Waals surface area contributed by atoms with E-state index in [4.69, 9.17) is 0 Å². The van der Waals surface area contributed by atoms with Crippen LogP contribution in [0.25, 0.3) is 0 Å². The Balaban J connectivity index is 1.48. The average molecular weight is 335 g/mol. The van der Waals surface area contributed by atoms with E-state index in [1.807, 2.05) is 16.7 Å². The zero-order valence-electron chi connectivity index (χ0n) is 15.2. The van der Waals surface area contributed by atoms with Crippen LogP contribution in [0.4, 0.5) is 0 Å². The van der Waals surface area contributed by atoms with E-state index in [-0.39, 0.29) is 11.9 Å². The topological polar surface area (TPSA) is 43.9 Å². The van der Waals surface area contributed by atoms with Gasteiger partial charge in [0.25, 0.3) is 0 Å². The van der Waals surface area contributed by atoms with Crippen molar-refractivity contribution in [2.45, 2.75) is 64.3 Å². The van der Waals surface area contributed by atoms with E-state index in [9.17, 15) is 9.59 Å². The Bertz CT molecular complexity index is 442. The molecule has 0 spiro atoms. The molecule has 1 saturated carbocycles. The molecular weight excluding hydrogens is 302 g/mol. The Morgan fingerprint density at radius 3 is 2.21 bits per heavy atom. The molecule has 3 aliphatic rings. The standard InChI is InChI=1S/C19H33N3O2/c1-16(19(24)22-9-4-5-10-22)20-11-6-12-21(14-13-20)18(23)15-17-7-2-3-8-17/h16-17H,2-15H2,1H3/t16-/m0/s1. The molecule has 0 aromatic heterocycles. The molecular formula is C19H33N3O2. The first-order chi connectivity index (χ1) is 11.6. The molecule has 0 N–H and O–H groups in total. The van der Waals surface area contributed by atoms with Crippen LogP contribution in [-0.2, 0) is 9.59 Å². The molecule has 3 fully saturated rings. The Morgan fingerprint density at radius 1 is 0.833 bits per heavy atom. The molecule has 1 atom stereocenters. The molecule has 0 aromatic carbocycles. The van der Waals surface area contributed by atoms with Gasteiger partial charge in [-0.05, 0) is 44.9 Å². The predicted octanol–water partition coefficient (Wildman–Crippen LogP) is 2.11. The Labute approximate surface area is 146 Å². The van der Waals surface area contributed by atoms with Crippen molar-refractivity contribution in [1.29, 1.82) is 0 Å². The van der Waals surface area contributed by atoms with Crippen molar-refractivity contribution in [3.05, 3.63) is 0 Å². The summed E-state index contributed by atoms with van der Waals surface area (Å²) in [5.41, 5.74) is 0. The number of hydrogen-bond donors (Lipinski definition) is 0. The van der Waals surface area contributed by atoms with E-state index in [1.54, 1.807) is 0 Å². The first-order valence-electron chi connectivity index (χ1n) is 9.96. The highest BCUT2D eigenvalue weighted by Crippen LogP contribution is 2.28. The van der Waals surface area contributed by atoms with Gasteiger partial charge in [0, 0.05) is 45.7 Å². The maximum absolute atomic E-state index is 12.6. The van der Waals surface area contributed by atoms with E-state index < -0.39 is 0 Å². The lowest BCUT2D eigenvalue weighted by Gasteiger charge is -2.30. The summed E-state index contributed by atoms with van der Waals surface area (Å²) in [6.07, 6.45) is 9.05. The zero-order chi connectivity index (χ0) is 16.9. The summed E-state index contributed by atoms with van der Waals surface area (Å²) in [7, 11) is 0. The summed E-state index contributed by atoms with van der Waals surface area (Å²) in [4.78, 5) is 31.5. The Hall–Kier alpha value is -1.10. The summed E-state index contributed by atoms with van der Waals surface area (Å²) < 4.78 is 0. The van der Waals surface area contributed by atoms with Gasteiger partial charge in [-0.1, -0.05) is 12.8 Å². The first kappa shape index (κ1) is 17.7. The second-order valence-electron chi connectivity index (χ2n) is 7.83. The van der Waals surface area contributed by atoms with Crippen molar-refractivity contribution < 1.29 is 9.59 Å². The van der Waals surface area contributed by atoms with Crippen LogP contribution in [-0.4, -0.2) is 71.8 Å². The van der Waals surface area contributed by atoms with E-state index in [0.717, 1.165) is 65.0 Å². The van der Waals surface area contributed by atoms with Gasteiger partial charge in [-0.25, -0.2) is 0 Å². The first-order valence-corrected chi connectivity index (χ1v) is 9.96. The molecule has 0 bridgehead atoms. The molecule has 0 aromatic rings. The van der Waals surface area contributed by atoms with Crippen molar-refractivity contribution >= 4 is 11.8 Å². The number of rotatable bonds is 4. The fraction of sp³-hybridized carbons (Fsp3) is 0.895. The van der Waals surface area contributed by atoms with Gasteiger partial charge in [0.2, 0.25) is 11.8 Å². The summed E-state index contributed by atoms with van der Waals surface area (Å²) in [6.45, 7) is 7.27. The highest BCUT2D eigenvalue weighted by Gasteiger charge is 2.30. The minimum absolute atomic E-state index is 0.0482. The van der Waals surface area contributed by atoms with Crippen LogP contribution in [0.15, 0.2) is 0 Å². The van der Waals surface area contributed by atoms with E-state index >= 15 is 0 Å². The highest BCUT2D eigenvalue weighted by molar-refractivity contribution is 5.81. The van der Waals surface area contributed by atoms with Crippen LogP contribution in [0.3, 0.4) is 0 Å². The van der Waals surface area contributed by atoms with Crippen molar-refractivity contribution in [3.8, 4) is 0 Å². The van der Waals surface area contributed by atoms with Gasteiger partial charge in [0.15, 0.2) is 0 Å². The van der Waals surface area contributed by atoms with Crippen molar-refractivity contribution in [2.75, 3.05) is 39.3 Å². The number of carbonyl (C=O) groups excluding carboxylic acids is 2. The lowest BCUT2D eigenvalue weighted by Crippen LogP contribution is -2.47. The smallest absolute Gasteiger partial charge is 0.239 e. The molecule has 5 nitrogen and oxygen atoms in total. The van der Waals surface area contributed by atoms with Crippen LogP contribution in [0.5, 0.6) is 0 Å². The summed E-state index contributed by atoms with van der Waals surface area (Å²) in [6, 6.07) is -0.0482. The van der Waals surface area contributed by atoms with Gasteiger partial charge in [-0.3, -0.25) is 14.5 Å². The minimum atomic E-state index is -0.0482. The maximum atomic E-state index is 12.6. The third kappa shape index (κ3) is 4.29. The molecule has 2 aliphatic heterocycles. The van der Waals surface area contributed by atoms with Gasteiger partial charge in [0.1, 0.15) is 0 Å². The summed E-state index contributed by atoms with van der Waals surface area (Å²) in [5.74, 6) is 1.23. The summed E-state index contributed by atoms with van der Waals surface area (Å²) >= 11 is 0. The Morgan fingerprint density at radius 2 is 1.50 bits per heavy atom. The lowest BCUT2D eigenvalue weighted by atomic mass is 10.0. The fourth-order valence-corrected chi connectivity index (χ4v) is 4.52. The number of amides is 2. The lowest BCUT2D eigenvalue weighted by molar-refractivity contribution is -0.135. The normalized spacial score (nSPS) is 25.0. The van der Waals surface area contributed by atoms with Crippen LogP contribution in [0.1, 0.15) is 58.3 Å². The van der Waals surface area contributed by atoms with E-state index in [1.165, 1.54) is 25.7 Å². The molecule has 0 unspecified atom stereocenters. The SMILES string of the molecule is C[C@@H](C(=O)N1CCCC1)N1CCCN(C(=O)CC2CCCC2)CC1. The van der Waals surface area contributed by atoms with Crippen LogP contribution in [0.2, 0.25) is 0 Å². The van der Waals surface area contributed by atoms with Crippen LogP contribution in [0, 0.1) is 5.92 Å². The molecule has 5 heteroatoms. The molecule has 3 rings (SSSR count). The van der Waals surface area contributed by atoms with E-state index in [2.05, 4.69) is 4.90 Å². The van der Waals surface area contributed by atoms with Gasteiger partial charge in [0.05, 0.1) is 6.04 Å². The molecule has 2 heterocycles. The molecule has 2 amide bonds. The zero-order valence-corrected chi connectivity index (χ0v) is 15.2. The monoisotopic (exact) mass is 335 g/mol. The van der Waals surface area contributed by atoms with Crippen LogP contribution < -0.4 is 0 Å². The van der Waals surface area contributed by atoms with Gasteiger partial charge < -0.3 is 9.80 Å². The molecule has 1 aliphatic carbocycles. The molecule has 0 radical (unpaired) electrons. The second kappa shape index (κ2) is 8.32. The molecule has 24 heavy (non-hydrogen) atoms. The summed E-state index contributed by atoms with van der Waals surface area (Å²) in [5, 5.41) is 0. The molecule has 2 saturated heterocycles. The van der Waals surface area contributed by atoms with Crippen molar-refractivity contribution in [3.63, 3.8) is 0 Å². The molecule has 136 valence electrons. The maximum Gasteiger partial charge on any atom is 0.239 e.